The number of likely N-dealkylation sites (N-methyl/N-ethyl adjacent to an activating group) is 1. The number of benzene rings is 2. The molecule has 2 aromatic carbocycles. The zero-order valence-electron chi connectivity index (χ0n) is 13.6. The monoisotopic (exact) mass is 324 g/mol. The third-order valence-corrected chi connectivity index (χ3v) is 5.55. The number of aromatic hydroxyl groups is 1. The van der Waals surface area contributed by atoms with Gasteiger partial charge in [0.2, 0.25) is 0 Å². The Morgan fingerprint density at radius 1 is 1.17 bits per heavy atom. The third kappa shape index (κ3) is 2.27. The number of rotatable bonds is 1. The van der Waals surface area contributed by atoms with E-state index in [0.29, 0.717) is 6.04 Å². The van der Waals surface area contributed by atoms with Crippen LogP contribution in [0.25, 0.3) is 0 Å². The van der Waals surface area contributed by atoms with Crippen molar-refractivity contribution in [2.45, 2.75) is 31.2 Å². The summed E-state index contributed by atoms with van der Waals surface area (Å²) in [7, 11) is 2.13. The predicted octanol–water partition coefficient (Wildman–Crippen LogP) is 3.24. The van der Waals surface area contributed by atoms with E-state index in [1.54, 1.807) is 12.1 Å². The van der Waals surface area contributed by atoms with Crippen molar-refractivity contribution in [1.29, 1.82) is 0 Å². The second-order valence-electron chi connectivity index (χ2n) is 6.81. The first-order valence-corrected chi connectivity index (χ1v) is 8.34. The van der Waals surface area contributed by atoms with Gasteiger partial charge in [0.1, 0.15) is 0 Å². The summed E-state index contributed by atoms with van der Waals surface area (Å²) in [5, 5.41) is 21.4. The van der Waals surface area contributed by atoms with Crippen molar-refractivity contribution in [3.05, 3.63) is 68.8 Å². The van der Waals surface area contributed by atoms with E-state index in [9.17, 15) is 15.2 Å². The number of fused-ring (bicyclic) bond motifs is 5. The van der Waals surface area contributed by atoms with E-state index in [1.807, 2.05) is 0 Å². The highest BCUT2D eigenvalue weighted by molar-refractivity contribution is 5.56. The molecular formula is C19H20N2O3. The van der Waals surface area contributed by atoms with Crippen molar-refractivity contribution >= 4 is 5.69 Å². The van der Waals surface area contributed by atoms with E-state index in [0.717, 1.165) is 36.9 Å². The molecule has 0 amide bonds. The van der Waals surface area contributed by atoms with Crippen LogP contribution in [0.1, 0.15) is 34.6 Å². The van der Waals surface area contributed by atoms with Gasteiger partial charge < -0.3 is 10.0 Å². The number of aryl methyl sites for hydroxylation is 1. The Labute approximate surface area is 140 Å². The summed E-state index contributed by atoms with van der Waals surface area (Å²) in [4.78, 5) is 13.0. The van der Waals surface area contributed by atoms with Gasteiger partial charge in [0.05, 0.1) is 4.92 Å². The second kappa shape index (κ2) is 5.60. The standard InChI is InChI=1S/C19H20N2O3/c1-20-9-8-13-10-17(21(23)24)18(22)11-15(13)19-14-5-3-2-4-12(14)6-7-16(19)20/h2-5,10-11,16,19,22H,6-9H2,1H3/t16-,19+/m0/s1. The number of nitro benzene ring substituents is 1. The zero-order chi connectivity index (χ0) is 16.8. The van der Waals surface area contributed by atoms with E-state index in [-0.39, 0.29) is 17.4 Å². The van der Waals surface area contributed by atoms with Gasteiger partial charge in [-0.2, -0.15) is 0 Å². The largest absolute Gasteiger partial charge is 0.502 e. The van der Waals surface area contributed by atoms with E-state index in [2.05, 4.69) is 36.2 Å². The molecule has 0 fully saturated rings. The Bertz CT molecular complexity index is 818. The van der Waals surface area contributed by atoms with Gasteiger partial charge in [-0.15, -0.1) is 0 Å². The lowest BCUT2D eigenvalue weighted by atomic mass is 9.74. The average molecular weight is 324 g/mol. The Kier molecular flexibility index (Phi) is 3.53. The summed E-state index contributed by atoms with van der Waals surface area (Å²) in [6.45, 7) is 0.873. The van der Waals surface area contributed by atoms with Crippen molar-refractivity contribution in [2.24, 2.45) is 0 Å². The van der Waals surface area contributed by atoms with Crippen LogP contribution in [-0.4, -0.2) is 34.6 Å². The topological polar surface area (TPSA) is 66.6 Å². The van der Waals surface area contributed by atoms with Gasteiger partial charge in [-0.25, -0.2) is 0 Å². The summed E-state index contributed by atoms with van der Waals surface area (Å²) in [6, 6.07) is 12.0. The van der Waals surface area contributed by atoms with Gasteiger partial charge >= 0.3 is 5.69 Å². The predicted molar refractivity (Wildman–Crippen MR) is 91.5 cm³/mol. The van der Waals surface area contributed by atoms with Gasteiger partial charge in [-0.3, -0.25) is 10.1 Å². The summed E-state index contributed by atoms with van der Waals surface area (Å²) >= 11 is 0. The Morgan fingerprint density at radius 2 is 1.96 bits per heavy atom. The molecule has 0 saturated heterocycles. The maximum absolute atomic E-state index is 11.2. The van der Waals surface area contributed by atoms with Crippen molar-refractivity contribution in [3.8, 4) is 5.75 Å². The fraction of sp³-hybridized carbons (Fsp3) is 0.368. The molecule has 1 heterocycles. The minimum Gasteiger partial charge on any atom is -0.502 e. The molecule has 0 aromatic heterocycles. The molecule has 24 heavy (non-hydrogen) atoms. The number of nitro groups is 1. The highest BCUT2D eigenvalue weighted by Crippen LogP contribution is 2.44. The lowest BCUT2D eigenvalue weighted by Crippen LogP contribution is -2.39. The molecule has 0 spiro atoms. The normalized spacial score (nSPS) is 22.9. The molecule has 5 heteroatoms. The lowest BCUT2D eigenvalue weighted by Gasteiger charge is -2.38. The summed E-state index contributed by atoms with van der Waals surface area (Å²) in [5.41, 5.74) is 4.46. The smallest absolute Gasteiger partial charge is 0.310 e. The Hall–Kier alpha value is -2.40. The summed E-state index contributed by atoms with van der Waals surface area (Å²) < 4.78 is 0. The molecule has 0 radical (unpaired) electrons. The van der Waals surface area contributed by atoms with Crippen molar-refractivity contribution in [1.82, 2.24) is 4.90 Å². The molecule has 1 aliphatic carbocycles. The van der Waals surface area contributed by atoms with E-state index in [1.165, 1.54) is 11.1 Å². The van der Waals surface area contributed by atoms with Crippen molar-refractivity contribution in [2.75, 3.05) is 13.6 Å². The molecular weight excluding hydrogens is 304 g/mol. The number of phenols is 1. The van der Waals surface area contributed by atoms with Crippen molar-refractivity contribution < 1.29 is 10.0 Å². The highest BCUT2D eigenvalue weighted by atomic mass is 16.6. The van der Waals surface area contributed by atoms with Crippen LogP contribution in [0.2, 0.25) is 0 Å². The maximum atomic E-state index is 11.2. The Balaban J connectivity index is 1.93. The molecule has 5 nitrogen and oxygen atoms in total. The number of phenolic OH excluding ortho intramolecular Hbond substituents is 1. The molecule has 1 N–H and O–H groups in total. The highest BCUT2D eigenvalue weighted by Gasteiger charge is 2.37. The first-order valence-electron chi connectivity index (χ1n) is 8.34. The molecule has 1 aliphatic heterocycles. The molecule has 2 atom stereocenters. The van der Waals surface area contributed by atoms with Crippen LogP contribution in [0.15, 0.2) is 36.4 Å². The molecule has 124 valence electrons. The van der Waals surface area contributed by atoms with Crippen LogP contribution in [0.4, 0.5) is 5.69 Å². The van der Waals surface area contributed by atoms with E-state index in [4.69, 9.17) is 0 Å². The molecule has 4 rings (SSSR count). The van der Waals surface area contributed by atoms with Gasteiger partial charge in [0.15, 0.2) is 5.75 Å². The SMILES string of the molecule is CN1CCc2cc([N+](=O)[O-])c(O)cc2[C@H]2c3ccccc3CC[C@@H]21. The zero-order valence-corrected chi connectivity index (χ0v) is 13.6. The number of nitrogens with zero attached hydrogens (tertiary/aromatic N) is 2. The van der Waals surface area contributed by atoms with Gasteiger partial charge in [-0.05, 0) is 54.6 Å². The minimum atomic E-state index is -0.503. The quantitative estimate of drug-likeness (QED) is 0.646. The fourth-order valence-corrected chi connectivity index (χ4v) is 4.34. The number of hydrogen-bond donors (Lipinski definition) is 1. The minimum absolute atomic E-state index is 0.157. The molecule has 2 aliphatic rings. The van der Waals surface area contributed by atoms with E-state index < -0.39 is 4.92 Å². The van der Waals surface area contributed by atoms with Crippen LogP contribution < -0.4 is 0 Å². The summed E-state index contributed by atoms with van der Waals surface area (Å²) in [5.74, 6) is -0.0748. The molecule has 2 aromatic rings. The van der Waals surface area contributed by atoms with Crippen LogP contribution in [0.3, 0.4) is 0 Å². The molecule has 0 saturated carbocycles. The fourth-order valence-electron chi connectivity index (χ4n) is 4.34. The first-order chi connectivity index (χ1) is 11.6. The third-order valence-electron chi connectivity index (χ3n) is 5.55. The lowest BCUT2D eigenvalue weighted by molar-refractivity contribution is -0.385. The van der Waals surface area contributed by atoms with Crippen LogP contribution >= 0.6 is 0 Å². The number of hydrogen-bond acceptors (Lipinski definition) is 4. The van der Waals surface area contributed by atoms with Gasteiger partial charge in [0.25, 0.3) is 0 Å². The Morgan fingerprint density at radius 3 is 2.75 bits per heavy atom. The average Bonchev–Trinajstić information content (AvgIpc) is 2.71. The van der Waals surface area contributed by atoms with Crippen LogP contribution in [0, 0.1) is 10.1 Å². The van der Waals surface area contributed by atoms with Gasteiger partial charge in [-0.1, -0.05) is 24.3 Å². The molecule has 0 unspecified atom stereocenters. The molecule has 0 bridgehead atoms. The summed E-state index contributed by atoms with van der Waals surface area (Å²) in [6.07, 6.45) is 2.88. The second-order valence-corrected chi connectivity index (χ2v) is 6.81. The van der Waals surface area contributed by atoms with Crippen molar-refractivity contribution in [3.63, 3.8) is 0 Å². The van der Waals surface area contributed by atoms with E-state index >= 15 is 0 Å². The van der Waals surface area contributed by atoms with Gasteiger partial charge in [0, 0.05) is 24.6 Å². The van der Waals surface area contributed by atoms with Crippen LogP contribution in [0.5, 0.6) is 5.75 Å². The first kappa shape index (κ1) is 15.1. The maximum Gasteiger partial charge on any atom is 0.310 e. The van der Waals surface area contributed by atoms with Crippen LogP contribution in [-0.2, 0) is 12.8 Å².